The van der Waals surface area contributed by atoms with E-state index in [4.69, 9.17) is 22.4 Å². The minimum atomic E-state index is -1.31. The van der Waals surface area contributed by atoms with E-state index in [1.807, 2.05) is 606 Å². The molecule has 0 bridgehead atoms. The molecule has 0 nitrogen and oxygen atoms in total. The molecule has 0 unspecified atom stereocenters. The molecule has 0 fully saturated rings. The first-order chi connectivity index (χ1) is 39.6. The molecule has 0 N–H and O–H groups in total. The zero-order chi connectivity index (χ0) is 57.5. The van der Waals surface area contributed by atoms with E-state index in [9.17, 15) is 0 Å². The van der Waals surface area contributed by atoms with E-state index in [2.05, 4.69) is 11.7 Å². The molecule has 0 amide bonds. The third-order valence-electron chi connectivity index (χ3n) is 2.18. The quantitative estimate of drug-likeness (QED) is 0.0349. The van der Waals surface area contributed by atoms with Crippen molar-refractivity contribution in [2.24, 2.45) is 0 Å². The summed E-state index contributed by atoms with van der Waals surface area (Å²) in [6.07, 6.45) is 0.655. The molecule has 79 heteroatoms. The van der Waals surface area contributed by atoms with Crippen molar-refractivity contribution >= 4 is 777 Å². The molecule has 0 saturated heterocycles. The molecule has 0 aromatic heterocycles. The van der Waals surface area contributed by atoms with Crippen LogP contribution in [-0.4, -0.2) is 6.26 Å². The van der Waals surface area contributed by atoms with Gasteiger partial charge >= 0.3 is 0 Å². The lowest BCUT2D eigenvalue weighted by Crippen LogP contribution is -1.75. The van der Waals surface area contributed by atoms with Crippen LogP contribution >= 0.6 is 749 Å². The number of hydrogen-bond donors (Lipinski definition) is 1. The highest BCUT2D eigenvalue weighted by Gasteiger charge is 2.07. The molecule has 80 heavy (non-hydrogen) atoms. The van der Waals surface area contributed by atoms with Gasteiger partial charge in [-0.2, -0.15) is 0 Å². The summed E-state index contributed by atoms with van der Waals surface area (Å²) in [5, 5.41) is 0. The molecule has 0 heterocycles. The number of rotatable bonds is 75. The molecule has 0 rings (SSSR count). The van der Waals surface area contributed by atoms with E-state index in [1.165, 1.54) is 9.83 Å². The van der Waals surface area contributed by atoms with Crippen LogP contribution in [0.3, 0.4) is 0 Å². The summed E-state index contributed by atoms with van der Waals surface area (Å²) in [5.74, 6) is 0. The second-order valence-corrected chi connectivity index (χ2v) is 148. The maximum atomic E-state index is 5.24. The van der Waals surface area contributed by atoms with Crippen molar-refractivity contribution in [1.29, 1.82) is 0 Å². The highest BCUT2D eigenvalue weighted by Crippen LogP contribution is 2.72. The SMILES string of the molecule is CS(=S)(=S)SSSSSSSSSSSSSSSSSSSSSSSSSSSSSSSSSSSSSSSSSSSSSSSSSSSSSSSSSSSSSSSSSSSSSSSSSSSS. The standard InChI is InChI=1S/CH4S79/c1-80(3,4)79-78-77-76-75-74-73-72-71-70-69-68-67-66-65-64-63-62-61-60-59-58-57-56-55-54-53-52-51-50-49-48-47-46-45-44-43-42-41-40-39-38-37-36-35-34-33-32-31-30-29-28-27-26-25-24-23-22-21-20-19-18-17-16-15-14-13-12-11-10-9-8-7-6-5-2/h2H,1H3. The van der Waals surface area contributed by atoms with E-state index in [0.29, 0.717) is 0 Å². The summed E-state index contributed by atoms with van der Waals surface area (Å²) in [5.41, 5.74) is 0. The molecule has 0 aliphatic heterocycles. The van der Waals surface area contributed by atoms with E-state index in [-0.39, 0.29) is 0 Å². The highest BCUT2D eigenvalue weighted by molar-refractivity contribution is 9.66. The van der Waals surface area contributed by atoms with E-state index < -0.39 is 6.18 Å². The second kappa shape index (κ2) is 101. The largest absolute Gasteiger partial charge is 0.0988 e. The summed E-state index contributed by atoms with van der Waals surface area (Å²) in [6, 6.07) is 0. The van der Waals surface area contributed by atoms with Gasteiger partial charge in [0.2, 0.25) is 0 Å². The van der Waals surface area contributed by atoms with Crippen LogP contribution in [0.5, 0.6) is 0 Å². The Morgan fingerprint density at radius 1 is 0.150 bits per heavy atom. The molecular formula is CH4S79. The van der Waals surface area contributed by atoms with Gasteiger partial charge in [0, 0.05) is 586 Å². The lowest BCUT2D eigenvalue weighted by atomic mass is 12.0. The highest BCUT2D eigenvalue weighted by atomic mass is 34.1. The Hall–Kier alpha value is 27.4. The Morgan fingerprint density at radius 3 is 0.300 bits per heavy atom. The summed E-state index contributed by atoms with van der Waals surface area (Å²) >= 11 is 14.6. The van der Waals surface area contributed by atoms with Crippen molar-refractivity contribution in [3.8, 4) is 0 Å². The average Bonchev–Trinajstić information content (AvgIpc) is 3.45. The molecule has 0 aromatic rings. The Morgan fingerprint density at radius 2 is 0.225 bits per heavy atom. The second-order valence-electron chi connectivity index (χ2n) is 5.81. The van der Waals surface area contributed by atoms with Crippen LogP contribution in [0.4, 0.5) is 0 Å². The van der Waals surface area contributed by atoms with Gasteiger partial charge in [0.15, 0.2) is 0 Å². The van der Waals surface area contributed by atoms with E-state index in [1.54, 1.807) is 128 Å². The van der Waals surface area contributed by atoms with Gasteiger partial charge in [-0.15, -0.1) is 0 Å². The molecule has 482 valence electrons. The van der Waals surface area contributed by atoms with Crippen molar-refractivity contribution < 1.29 is 0 Å². The third-order valence-corrected chi connectivity index (χ3v) is 173. The van der Waals surface area contributed by atoms with E-state index in [0.717, 1.165) is 0 Å². The molecule has 0 aliphatic carbocycles. The zero-order valence-electron chi connectivity index (χ0n) is 33.3. The molecule has 0 radical (unpaired) electrons. The summed E-state index contributed by atoms with van der Waals surface area (Å²) in [6.45, 7) is 0. The van der Waals surface area contributed by atoms with Gasteiger partial charge in [-0.25, -0.2) is 0 Å². The normalized spacial score (nSPS) is 12.0. The van der Waals surface area contributed by atoms with Crippen molar-refractivity contribution in [2.45, 2.75) is 0 Å². The van der Waals surface area contributed by atoms with Crippen LogP contribution in [0.25, 0.3) is 0 Å². The smallest absolute Gasteiger partial charge is 0.000468 e. The zero-order valence-corrected chi connectivity index (χ0v) is 97.9. The lowest BCUT2D eigenvalue weighted by Gasteiger charge is -2.00. The summed E-state index contributed by atoms with van der Waals surface area (Å²) in [4.78, 5) is 0. The fraction of sp³-hybridized carbons (Fsp3) is 1.00. The van der Waals surface area contributed by atoms with Crippen LogP contribution in [-0.2, 0) is 28.6 Å². The van der Waals surface area contributed by atoms with Gasteiger partial charge in [-0.3, -0.25) is 0 Å². The average molecular weight is 2550 g/mol. The molecule has 0 spiro atoms. The van der Waals surface area contributed by atoms with Crippen LogP contribution in [0.15, 0.2) is 0 Å². The predicted octanol–water partition coefficient (Wildman–Crippen LogP) is 49.2. The Kier molecular flexibility index (Phi) is 135. The Balaban J connectivity index is 3.09. The van der Waals surface area contributed by atoms with Gasteiger partial charge in [0.05, 0.1) is 0 Å². The maximum Gasteiger partial charge on any atom is 0.000468 e. The first-order valence-corrected chi connectivity index (χ1v) is 118. The fourth-order valence-electron chi connectivity index (χ4n) is 0.879. The van der Waals surface area contributed by atoms with Crippen molar-refractivity contribution in [3.05, 3.63) is 0 Å². The Bertz CT molecular complexity index is 1150. The molecule has 0 aliphatic rings. The Labute approximate surface area is 761 Å². The van der Waals surface area contributed by atoms with Gasteiger partial charge in [-0.1, -0.05) is 11.7 Å². The van der Waals surface area contributed by atoms with Gasteiger partial charge in [0.25, 0.3) is 0 Å². The first kappa shape index (κ1) is 107. The van der Waals surface area contributed by atoms with Crippen LogP contribution < -0.4 is 0 Å². The maximum absolute atomic E-state index is 5.24. The van der Waals surface area contributed by atoms with Crippen molar-refractivity contribution in [2.75, 3.05) is 6.26 Å². The minimum absolute atomic E-state index is 1.31. The van der Waals surface area contributed by atoms with Crippen LogP contribution in [0.2, 0.25) is 0 Å². The fourth-order valence-corrected chi connectivity index (χ4v) is 209. The summed E-state index contributed by atoms with van der Waals surface area (Å²) < 4.78 is 0. The molecule has 0 saturated carbocycles. The number of thiol groups is 1. The summed E-state index contributed by atoms with van der Waals surface area (Å²) in [7, 11) is 136. The number of hydrogen-bond acceptors (Lipinski definition) is 78. The van der Waals surface area contributed by atoms with E-state index >= 15 is 0 Å². The first-order valence-electron chi connectivity index (χ1n) is 13.4. The van der Waals surface area contributed by atoms with Crippen LogP contribution in [0, 0.1) is 0 Å². The molecular weight excluding hydrogens is 2550 g/mol. The minimum Gasteiger partial charge on any atom is -0.0988 e. The van der Waals surface area contributed by atoms with Crippen molar-refractivity contribution in [3.63, 3.8) is 0 Å². The third kappa shape index (κ3) is 105. The monoisotopic (exact) mass is 2540 g/mol. The predicted molar refractivity (Wildman–Crippen MR) is 606 cm³/mol. The van der Waals surface area contributed by atoms with Crippen molar-refractivity contribution in [1.82, 2.24) is 0 Å². The lowest BCUT2D eigenvalue weighted by molar-refractivity contribution is 2.53. The van der Waals surface area contributed by atoms with Crippen LogP contribution in [0.1, 0.15) is 0 Å². The topological polar surface area (TPSA) is 0 Å². The molecule has 0 aromatic carbocycles. The molecule has 0 atom stereocenters. The van der Waals surface area contributed by atoms with Gasteiger partial charge in [-0.05, 0) is 186 Å². The van der Waals surface area contributed by atoms with Gasteiger partial charge < -0.3 is 0 Å². The van der Waals surface area contributed by atoms with Gasteiger partial charge in [0.1, 0.15) is 0 Å².